The van der Waals surface area contributed by atoms with Gasteiger partial charge in [-0.15, -0.1) is 0 Å². The predicted octanol–water partition coefficient (Wildman–Crippen LogP) is 3.72. The SMILES string of the molecule is COCCOC(=O)C1=C(C)N=C2SC=C(CC(=O)N3CCOCC3)N2C1c1ccc(C(F)(F)F)cc1. The normalized spacial score (nSPS) is 20.2. The molecule has 0 spiro atoms. The third-order valence-corrected chi connectivity index (χ3v) is 6.88. The van der Waals surface area contributed by atoms with E-state index in [9.17, 15) is 22.8 Å². The molecule has 0 aromatic heterocycles. The van der Waals surface area contributed by atoms with E-state index in [2.05, 4.69) is 4.99 Å². The van der Waals surface area contributed by atoms with Gasteiger partial charge < -0.3 is 24.0 Å². The highest BCUT2D eigenvalue weighted by atomic mass is 32.2. The summed E-state index contributed by atoms with van der Waals surface area (Å²) in [7, 11) is 1.48. The third-order valence-electron chi connectivity index (χ3n) is 5.99. The van der Waals surface area contributed by atoms with Crippen LogP contribution in [-0.4, -0.2) is 73.5 Å². The minimum absolute atomic E-state index is 0.00931. The molecular formula is C24H26F3N3O5S. The number of esters is 1. The monoisotopic (exact) mass is 525 g/mol. The average Bonchev–Trinajstić information content (AvgIpc) is 3.25. The molecule has 0 radical (unpaired) electrons. The maximum atomic E-state index is 13.2. The molecule has 4 rings (SSSR count). The Morgan fingerprint density at radius 2 is 1.86 bits per heavy atom. The van der Waals surface area contributed by atoms with E-state index in [1.165, 1.54) is 31.0 Å². The molecule has 1 aromatic rings. The molecule has 1 atom stereocenters. The van der Waals surface area contributed by atoms with Crippen LogP contribution in [0.15, 0.2) is 51.6 Å². The van der Waals surface area contributed by atoms with Crippen LogP contribution in [0.4, 0.5) is 13.2 Å². The summed E-state index contributed by atoms with van der Waals surface area (Å²) in [6, 6.07) is 3.84. The van der Waals surface area contributed by atoms with Gasteiger partial charge in [0.05, 0.1) is 49.1 Å². The summed E-state index contributed by atoms with van der Waals surface area (Å²) in [6.45, 7) is 3.75. The van der Waals surface area contributed by atoms with E-state index >= 15 is 0 Å². The highest BCUT2D eigenvalue weighted by Crippen LogP contribution is 2.45. The smallest absolute Gasteiger partial charge is 0.416 e. The third kappa shape index (κ3) is 5.60. The molecule has 8 nitrogen and oxygen atoms in total. The first-order valence-electron chi connectivity index (χ1n) is 11.3. The van der Waals surface area contributed by atoms with Gasteiger partial charge in [0, 0.05) is 25.9 Å². The maximum absolute atomic E-state index is 13.2. The van der Waals surface area contributed by atoms with Crippen LogP contribution in [0.25, 0.3) is 0 Å². The number of halogens is 3. The van der Waals surface area contributed by atoms with E-state index in [1.807, 2.05) is 0 Å². The second-order valence-electron chi connectivity index (χ2n) is 8.31. The van der Waals surface area contributed by atoms with Crippen LogP contribution in [0.3, 0.4) is 0 Å². The number of carbonyl (C=O) groups excluding carboxylic acids is 2. The number of nitrogens with zero attached hydrogens (tertiary/aromatic N) is 3. The number of alkyl halides is 3. The molecule has 1 unspecified atom stereocenters. The van der Waals surface area contributed by atoms with Crippen molar-refractivity contribution in [1.29, 1.82) is 0 Å². The number of benzene rings is 1. The first kappa shape index (κ1) is 26.2. The molecule has 36 heavy (non-hydrogen) atoms. The molecule has 0 saturated carbocycles. The summed E-state index contributed by atoms with van der Waals surface area (Å²) >= 11 is 1.30. The predicted molar refractivity (Wildman–Crippen MR) is 127 cm³/mol. The molecule has 12 heteroatoms. The Morgan fingerprint density at radius 3 is 2.50 bits per heavy atom. The van der Waals surface area contributed by atoms with Crippen LogP contribution in [0, 0.1) is 0 Å². The van der Waals surface area contributed by atoms with Crippen LogP contribution in [-0.2, 0) is 30.0 Å². The van der Waals surface area contributed by atoms with E-state index in [0.717, 1.165) is 12.1 Å². The molecule has 3 aliphatic rings. The van der Waals surface area contributed by atoms with Gasteiger partial charge in [0.25, 0.3) is 0 Å². The fraction of sp³-hybridized carbons (Fsp3) is 0.458. The van der Waals surface area contributed by atoms with E-state index in [4.69, 9.17) is 14.2 Å². The topological polar surface area (TPSA) is 80.7 Å². The Bertz CT molecular complexity index is 1100. The largest absolute Gasteiger partial charge is 0.460 e. The highest BCUT2D eigenvalue weighted by Gasteiger charge is 2.42. The van der Waals surface area contributed by atoms with Gasteiger partial charge in [-0.05, 0) is 30.0 Å². The lowest BCUT2D eigenvalue weighted by Crippen LogP contribution is -2.42. The molecule has 0 bridgehead atoms. The van der Waals surface area contributed by atoms with Gasteiger partial charge in [0.2, 0.25) is 5.91 Å². The Kier molecular flexibility index (Phi) is 8.06. The van der Waals surface area contributed by atoms with E-state index < -0.39 is 23.8 Å². The fourth-order valence-corrected chi connectivity index (χ4v) is 5.14. The molecule has 1 amide bonds. The zero-order chi connectivity index (χ0) is 25.9. The van der Waals surface area contributed by atoms with Crippen LogP contribution < -0.4 is 0 Å². The molecule has 1 fully saturated rings. The van der Waals surface area contributed by atoms with Crippen molar-refractivity contribution in [2.75, 3.05) is 46.6 Å². The second-order valence-corrected chi connectivity index (χ2v) is 9.15. The zero-order valence-corrected chi connectivity index (χ0v) is 20.7. The van der Waals surface area contributed by atoms with Gasteiger partial charge in [0.15, 0.2) is 5.17 Å². The maximum Gasteiger partial charge on any atom is 0.416 e. The number of hydrogen-bond donors (Lipinski definition) is 0. The lowest BCUT2D eigenvalue weighted by atomic mass is 9.93. The summed E-state index contributed by atoms with van der Waals surface area (Å²) in [5, 5.41) is 2.33. The Hall–Kier alpha value is -2.83. The van der Waals surface area contributed by atoms with E-state index in [0.29, 0.717) is 48.4 Å². The number of hydrogen-bond acceptors (Lipinski definition) is 8. The first-order valence-corrected chi connectivity index (χ1v) is 12.2. The summed E-state index contributed by atoms with van der Waals surface area (Å²) in [6.07, 6.45) is -4.45. The number of allylic oxidation sites excluding steroid dienone is 1. The van der Waals surface area contributed by atoms with Crippen molar-refractivity contribution in [2.24, 2.45) is 4.99 Å². The molecule has 0 N–H and O–H groups in total. The van der Waals surface area contributed by atoms with Crippen molar-refractivity contribution in [1.82, 2.24) is 9.80 Å². The Balaban J connectivity index is 1.68. The van der Waals surface area contributed by atoms with Gasteiger partial charge in [-0.3, -0.25) is 4.79 Å². The summed E-state index contributed by atoms with van der Waals surface area (Å²) in [4.78, 5) is 34.1. The van der Waals surface area contributed by atoms with Crippen LogP contribution >= 0.6 is 11.8 Å². The standard InChI is InChI=1S/C24H26F3N3O5S/c1-15-20(22(32)35-12-11-33-2)21(16-3-5-17(6-4-16)24(25,26)27)30-18(14-36-23(30)28-15)13-19(31)29-7-9-34-10-8-29/h3-6,14,21H,7-13H2,1-2H3. The van der Waals surface area contributed by atoms with Crippen molar-refractivity contribution < 1.29 is 37.0 Å². The van der Waals surface area contributed by atoms with E-state index in [-0.39, 0.29) is 31.1 Å². The van der Waals surface area contributed by atoms with Crippen LogP contribution in [0.1, 0.15) is 30.5 Å². The van der Waals surface area contributed by atoms with Gasteiger partial charge in [-0.2, -0.15) is 13.2 Å². The zero-order valence-electron chi connectivity index (χ0n) is 19.8. The molecule has 3 aliphatic heterocycles. The number of thioether (sulfide) groups is 1. The van der Waals surface area contributed by atoms with Crippen molar-refractivity contribution >= 4 is 28.8 Å². The lowest BCUT2D eigenvalue weighted by molar-refractivity contribution is -0.141. The number of methoxy groups -OCH3 is 1. The van der Waals surface area contributed by atoms with Gasteiger partial charge in [-0.1, -0.05) is 23.9 Å². The van der Waals surface area contributed by atoms with Gasteiger partial charge in [-0.25, -0.2) is 9.79 Å². The summed E-state index contributed by atoms with van der Waals surface area (Å²) < 4.78 is 55.3. The van der Waals surface area contributed by atoms with Gasteiger partial charge in [0.1, 0.15) is 6.61 Å². The molecular weight excluding hydrogens is 499 g/mol. The Morgan fingerprint density at radius 1 is 1.17 bits per heavy atom. The number of amidine groups is 1. The number of rotatable bonds is 7. The average molecular weight is 526 g/mol. The van der Waals surface area contributed by atoms with Crippen LogP contribution in [0.2, 0.25) is 0 Å². The molecule has 194 valence electrons. The number of carbonyl (C=O) groups is 2. The van der Waals surface area contributed by atoms with Crippen molar-refractivity contribution in [3.63, 3.8) is 0 Å². The van der Waals surface area contributed by atoms with E-state index in [1.54, 1.807) is 22.1 Å². The minimum atomic E-state index is -4.50. The molecule has 0 aliphatic carbocycles. The van der Waals surface area contributed by atoms with Crippen molar-refractivity contribution in [3.05, 3.63) is 57.8 Å². The van der Waals surface area contributed by atoms with Crippen molar-refractivity contribution in [2.45, 2.75) is 25.6 Å². The number of aliphatic imine (C=N–C) groups is 1. The number of ether oxygens (including phenoxy) is 3. The number of morpholine rings is 1. The number of fused-ring (bicyclic) bond motifs is 1. The molecule has 1 aromatic carbocycles. The first-order chi connectivity index (χ1) is 17.2. The fourth-order valence-electron chi connectivity index (χ4n) is 4.18. The molecule has 1 saturated heterocycles. The summed E-state index contributed by atoms with van der Waals surface area (Å²) in [5.74, 6) is -0.749. The minimum Gasteiger partial charge on any atom is -0.460 e. The van der Waals surface area contributed by atoms with Gasteiger partial charge >= 0.3 is 12.1 Å². The summed E-state index contributed by atoms with van der Waals surface area (Å²) in [5.41, 5.74) is 0.850. The van der Waals surface area contributed by atoms with Crippen molar-refractivity contribution in [3.8, 4) is 0 Å². The van der Waals surface area contributed by atoms with Crippen LogP contribution in [0.5, 0.6) is 0 Å². The molecule has 3 heterocycles. The lowest BCUT2D eigenvalue weighted by Gasteiger charge is -2.37. The number of amides is 1. The second kappa shape index (κ2) is 11.1. The quantitative estimate of drug-likeness (QED) is 0.397. The highest BCUT2D eigenvalue weighted by molar-refractivity contribution is 8.16. The Labute approximate surface area is 210 Å².